The first-order chi connectivity index (χ1) is 9.13. The van der Waals surface area contributed by atoms with Crippen LogP contribution in [0.1, 0.15) is 38.8 Å². The van der Waals surface area contributed by atoms with Crippen molar-refractivity contribution in [2.75, 3.05) is 13.7 Å². The highest BCUT2D eigenvalue weighted by Gasteiger charge is 2.21. The average molecular weight is 265 g/mol. The van der Waals surface area contributed by atoms with Crippen molar-refractivity contribution in [1.29, 1.82) is 0 Å². The van der Waals surface area contributed by atoms with Crippen molar-refractivity contribution in [3.05, 3.63) is 29.8 Å². The average Bonchev–Trinajstić information content (AvgIpc) is 2.44. The first-order valence-electron chi connectivity index (χ1n) is 6.69. The maximum absolute atomic E-state index is 11.8. The van der Waals surface area contributed by atoms with Gasteiger partial charge in [0.2, 0.25) is 0 Å². The van der Waals surface area contributed by atoms with E-state index in [9.17, 15) is 4.79 Å². The molecular formula is C15H23NO3. The van der Waals surface area contributed by atoms with Gasteiger partial charge in [0.05, 0.1) is 13.7 Å². The number of esters is 1. The van der Waals surface area contributed by atoms with Crippen LogP contribution in [0, 0.1) is 0 Å². The van der Waals surface area contributed by atoms with Gasteiger partial charge in [0.1, 0.15) is 11.8 Å². The molecule has 4 nitrogen and oxygen atoms in total. The van der Waals surface area contributed by atoms with Crippen LogP contribution in [-0.4, -0.2) is 25.7 Å². The number of hydrogen-bond donors (Lipinski definition) is 1. The number of hydrogen-bond acceptors (Lipinski definition) is 4. The summed E-state index contributed by atoms with van der Waals surface area (Å²) in [6.07, 6.45) is 0.693. The maximum Gasteiger partial charge on any atom is 0.323 e. The lowest BCUT2D eigenvalue weighted by Crippen LogP contribution is -2.39. The Bertz CT molecular complexity index is 406. The van der Waals surface area contributed by atoms with Gasteiger partial charge in [0.15, 0.2) is 0 Å². The first-order valence-corrected chi connectivity index (χ1v) is 6.69. The predicted octanol–water partition coefficient (Wildman–Crippen LogP) is 2.69. The molecule has 0 amide bonds. The van der Waals surface area contributed by atoms with Crippen molar-refractivity contribution in [1.82, 2.24) is 5.32 Å². The van der Waals surface area contributed by atoms with Gasteiger partial charge < -0.3 is 9.47 Å². The van der Waals surface area contributed by atoms with Gasteiger partial charge in [-0.15, -0.1) is 0 Å². The molecule has 0 radical (unpaired) electrons. The molecule has 0 saturated carbocycles. The van der Waals surface area contributed by atoms with E-state index in [0.717, 1.165) is 11.3 Å². The normalized spacial score (nSPS) is 13.7. The van der Waals surface area contributed by atoms with Crippen LogP contribution in [0.2, 0.25) is 0 Å². The molecule has 0 aliphatic rings. The van der Waals surface area contributed by atoms with E-state index in [1.165, 1.54) is 0 Å². The van der Waals surface area contributed by atoms with E-state index in [1.54, 1.807) is 7.11 Å². The zero-order valence-electron chi connectivity index (χ0n) is 12.1. The minimum Gasteiger partial charge on any atom is -0.496 e. The fourth-order valence-corrected chi connectivity index (χ4v) is 2.01. The van der Waals surface area contributed by atoms with E-state index in [1.807, 2.05) is 45.0 Å². The maximum atomic E-state index is 11.8. The van der Waals surface area contributed by atoms with Gasteiger partial charge in [-0.1, -0.05) is 25.1 Å². The molecule has 1 unspecified atom stereocenters. The van der Waals surface area contributed by atoms with Crippen molar-refractivity contribution in [3.8, 4) is 5.75 Å². The van der Waals surface area contributed by atoms with Gasteiger partial charge in [-0.2, -0.15) is 0 Å². The Labute approximate surface area is 115 Å². The molecule has 1 N–H and O–H groups in total. The Morgan fingerprint density at radius 1 is 1.32 bits per heavy atom. The molecule has 1 aromatic rings. The monoisotopic (exact) mass is 265 g/mol. The molecule has 106 valence electrons. The van der Waals surface area contributed by atoms with Crippen LogP contribution < -0.4 is 10.1 Å². The first kappa shape index (κ1) is 15.5. The molecule has 0 bridgehead atoms. The Morgan fingerprint density at radius 3 is 2.58 bits per heavy atom. The summed E-state index contributed by atoms with van der Waals surface area (Å²) in [6, 6.07) is 7.53. The van der Waals surface area contributed by atoms with Gasteiger partial charge in [-0.3, -0.25) is 10.1 Å². The Hall–Kier alpha value is -1.55. The second-order valence-electron chi connectivity index (χ2n) is 4.34. The predicted molar refractivity (Wildman–Crippen MR) is 75.3 cm³/mol. The molecule has 19 heavy (non-hydrogen) atoms. The largest absolute Gasteiger partial charge is 0.496 e. The highest BCUT2D eigenvalue weighted by molar-refractivity contribution is 5.75. The second kappa shape index (κ2) is 7.79. The number of ether oxygens (including phenoxy) is 2. The van der Waals surface area contributed by atoms with Crippen LogP contribution in [0.15, 0.2) is 24.3 Å². The molecule has 0 aliphatic heterocycles. The van der Waals surface area contributed by atoms with E-state index >= 15 is 0 Å². The quantitative estimate of drug-likeness (QED) is 0.770. The van der Waals surface area contributed by atoms with Crippen LogP contribution >= 0.6 is 0 Å². The lowest BCUT2D eigenvalue weighted by atomic mass is 10.1. The van der Waals surface area contributed by atoms with E-state index in [-0.39, 0.29) is 18.1 Å². The molecule has 2 atom stereocenters. The number of nitrogens with one attached hydrogen (secondary N) is 1. The molecule has 0 heterocycles. The minimum atomic E-state index is -0.292. The van der Waals surface area contributed by atoms with Crippen LogP contribution in [-0.2, 0) is 9.53 Å². The van der Waals surface area contributed by atoms with Crippen molar-refractivity contribution in [2.24, 2.45) is 0 Å². The zero-order valence-corrected chi connectivity index (χ0v) is 12.1. The van der Waals surface area contributed by atoms with Crippen LogP contribution in [0.25, 0.3) is 0 Å². The van der Waals surface area contributed by atoms with Crippen molar-refractivity contribution in [3.63, 3.8) is 0 Å². The van der Waals surface area contributed by atoms with Crippen molar-refractivity contribution in [2.45, 2.75) is 39.3 Å². The van der Waals surface area contributed by atoms with E-state index in [0.29, 0.717) is 13.0 Å². The fourth-order valence-electron chi connectivity index (χ4n) is 2.01. The summed E-state index contributed by atoms with van der Waals surface area (Å²) < 4.78 is 10.4. The van der Waals surface area contributed by atoms with Gasteiger partial charge in [-0.05, 0) is 26.3 Å². The lowest BCUT2D eigenvalue weighted by molar-refractivity contribution is -0.146. The third kappa shape index (κ3) is 4.24. The minimum absolute atomic E-state index is 0.0190. The summed E-state index contributed by atoms with van der Waals surface area (Å²) in [5.41, 5.74) is 1.03. The number of methoxy groups -OCH3 is 1. The molecule has 0 fully saturated rings. The van der Waals surface area contributed by atoms with Crippen LogP contribution in [0.5, 0.6) is 5.75 Å². The topological polar surface area (TPSA) is 47.6 Å². The van der Waals surface area contributed by atoms with Gasteiger partial charge in [0, 0.05) is 11.6 Å². The summed E-state index contributed by atoms with van der Waals surface area (Å²) in [4.78, 5) is 11.8. The van der Waals surface area contributed by atoms with Gasteiger partial charge >= 0.3 is 5.97 Å². The Morgan fingerprint density at radius 2 is 2.00 bits per heavy atom. The highest BCUT2D eigenvalue weighted by Crippen LogP contribution is 2.24. The SMILES string of the molecule is CCOC(=O)C(CC)N[C@H](C)c1ccccc1OC. The third-order valence-electron chi connectivity index (χ3n) is 3.04. The molecule has 0 saturated heterocycles. The summed E-state index contributed by atoms with van der Waals surface area (Å²) in [5.74, 6) is 0.618. The number of para-hydroxylation sites is 1. The molecule has 0 aromatic heterocycles. The zero-order chi connectivity index (χ0) is 14.3. The second-order valence-corrected chi connectivity index (χ2v) is 4.34. The number of rotatable bonds is 7. The van der Waals surface area contributed by atoms with Gasteiger partial charge in [-0.25, -0.2) is 0 Å². The Kier molecular flexibility index (Phi) is 6.36. The van der Waals surface area contributed by atoms with Crippen molar-refractivity contribution < 1.29 is 14.3 Å². The fraction of sp³-hybridized carbons (Fsp3) is 0.533. The number of carbonyl (C=O) groups excluding carboxylic acids is 1. The molecule has 4 heteroatoms. The number of carbonyl (C=O) groups is 1. The molecule has 0 aliphatic carbocycles. The lowest BCUT2D eigenvalue weighted by Gasteiger charge is -2.22. The molecule has 1 aromatic carbocycles. The van der Waals surface area contributed by atoms with E-state index in [4.69, 9.17) is 9.47 Å². The summed E-state index contributed by atoms with van der Waals surface area (Å²) >= 11 is 0. The summed E-state index contributed by atoms with van der Waals surface area (Å²) in [6.45, 7) is 6.19. The van der Waals surface area contributed by atoms with Crippen LogP contribution in [0.4, 0.5) is 0 Å². The van der Waals surface area contributed by atoms with E-state index < -0.39 is 0 Å². The molecule has 1 rings (SSSR count). The van der Waals surface area contributed by atoms with E-state index in [2.05, 4.69) is 5.32 Å². The molecular weight excluding hydrogens is 242 g/mol. The standard InChI is InChI=1S/C15H23NO3/c1-5-13(15(17)19-6-2)16-11(3)12-9-7-8-10-14(12)18-4/h7-11,13,16H,5-6H2,1-4H3/t11-,13?/m1/s1. The summed E-state index contributed by atoms with van der Waals surface area (Å²) in [5, 5.41) is 3.29. The Balaban J connectivity index is 2.76. The smallest absolute Gasteiger partial charge is 0.323 e. The molecule has 0 spiro atoms. The third-order valence-corrected chi connectivity index (χ3v) is 3.04. The number of benzene rings is 1. The highest BCUT2D eigenvalue weighted by atomic mass is 16.5. The van der Waals surface area contributed by atoms with Crippen molar-refractivity contribution >= 4 is 5.97 Å². The van der Waals surface area contributed by atoms with Gasteiger partial charge in [0.25, 0.3) is 0 Å². The summed E-state index contributed by atoms with van der Waals surface area (Å²) in [7, 11) is 1.65. The van der Waals surface area contributed by atoms with Crippen LogP contribution in [0.3, 0.4) is 0 Å².